The smallest absolute Gasteiger partial charge is 0.336 e. The van der Waals surface area contributed by atoms with Crippen molar-refractivity contribution >= 4 is 11.9 Å². The van der Waals surface area contributed by atoms with Crippen LogP contribution >= 0.6 is 0 Å². The first-order chi connectivity index (χ1) is 10.8. The fraction of sp³-hybridized carbons (Fsp3) is 0.579. The Bertz CT molecular complexity index is 559. The minimum atomic E-state index is -1.18. The molecule has 1 aromatic carbocycles. The monoisotopic (exact) mass is 320 g/mol. The molecule has 4 nitrogen and oxygen atoms in total. The Morgan fingerprint density at radius 3 is 2.09 bits per heavy atom. The third kappa shape index (κ3) is 5.38. The predicted octanol–water partition coefficient (Wildman–Crippen LogP) is 4.97. The number of aromatic carboxylic acids is 2. The highest BCUT2D eigenvalue weighted by Gasteiger charge is 2.23. The van der Waals surface area contributed by atoms with Crippen LogP contribution in [-0.2, 0) is 6.42 Å². The highest BCUT2D eigenvalue weighted by molar-refractivity contribution is 6.03. The molecule has 0 aliphatic heterocycles. The van der Waals surface area contributed by atoms with Crippen LogP contribution in [-0.4, -0.2) is 22.2 Å². The quantitative estimate of drug-likeness (QED) is 0.630. The fourth-order valence-electron chi connectivity index (χ4n) is 2.93. The van der Waals surface area contributed by atoms with Gasteiger partial charge in [0.05, 0.1) is 11.1 Å². The molecule has 0 spiro atoms. The first-order valence-electron chi connectivity index (χ1n) is 8.38. The maximum atomic E-state index is 11.6. The van der Waals surface area contributed by atoms with Crippen LogP contribution in [0.25, 0.3) is 0 Å². The minimum Gasteiger partial charge on any atom is -0.478 e. The Balaban J connectivity index is 3.07. The van der Waals surface area contributed by atoms with Gasteiger partial charge in [-0.15, -0.1) is 0 Å². The second-order valence-corrected chi connectivity index (χ2v) is 6.81. The fourth-order valence-corrected chi connectivity index (χ4v) is 2.93. The van der Waals surface area contributed by atoms with Crippen molar-refractivity contribution in [1.82, 2.24) is 0 Å². The van der Waals surface area contributed by atoms with Gasteiger partial charge in [0.25, 0.3) is 0 Å². The van der Waals surface area contributed by atoms with E-state index >= 15 is 0 Å². The Hall–Kier alpha value is -1.84. The Labute approximate surface area is 138 Å². The highest BCUT2D eigenvalue weighted by Crippen LogP contribution is 2.28. The lowest BCUT2D eigenvalue weighted by Gasteiger charge is -2.17. The van der Waals surface area contributed by atoms with Gasteiger partial charge in [0, 0.05) is 0 Å². The number of hydrogen-bond donors (Lipinski definition) is 2. The van der Waals surface area contributed by atoms with Gasteiger partial charge in [-0.2, -0.15) is 0 Å². The molecule has 0 amide bonds. The van der Waals surface area contributed by atoms with Gasteiger partial charge in [0.2, 0.25) is 0 Å². The second kappa shape index (κ2) is 8.70. The maximum Gasteiger partial charge on any atom is 0.336 e. The molecule has 2 N–H and O–H groups in total. The van der Waals surface area contributed by atoms with E-state index in [0.29, 0.717) is 17.9 Å². The maximum absolute atomic E-state index is 11.6. The molecular formula is C19H28O4. The van der Waals surface area contributed by atoms with Gasteiger partial charge >= 0.3 is 11.9 Å². The van der Waals surface area contributed by atoms with E-state index in [2.05, 4.69) is 13.8 Å². The van der Waals surface area contributed by atoms with E-state index in [1.165, 1.54) is 6.07 Å². The van der Waals surface area contributed by atoms with Crippen molar-refractivity contribution in [3.8, 4) is 0 Å². The summed E-state index contributed by atoms with van der Waals surface area (Å²) < 4.78 is 0. The van der Waals surface area contributed by atoms with E-state index in [1.807, 2.05) is 13.8 Å². The van der Waals surface area contributed by atoms with Crippen molar-refractivity contribution in [3.05, 3.63) is 34.4 Å². The summed E-state index contributed by atoms with van der Waals surface area (Å²) in [6.07, 6.45) is 4.82. The van der Waals surface area contributed by atoms with E-state index in [1.54, 1.807) is 6.07 Å². The van der Waals surface area contributed by atoms with Crippen molar-refractivity contribution < 1.29 is 19.8 Å². The van der Waals surface area contributed by atoms with Crippen LogP contribution in [0.3, 0.4) is 0 Å². The van der Waals surface area contributed by atoms with Gasteiger partial charge in [-0.05, 0) is 41.9 Å². The minimum absolute atomic E-state index is 0.0347. The molecule has 0 heterocycles. The summed E-state index contributed by atoms with van der Waals surface area (Å²) in [5.41, 5.74) is 1.49. The van der Waals surface area contributed by atoms with Gasteiger partial charge in [-0.3, -0.25) is 0 Å². The molecule has 0 saturated carbocycles. The average molecular weight is 320 g/mol. The molecule has 0 bridgehead atoms. The normalized spacial score (nSPS) is 11.2. The van der Waals surface area contributed by atoms with E-state index in [0.717, 1.165) is 31.2 Å². The molecule has 0 radical (unpaired) electrons. The van der Waals surface area contributed by atoms with Crippen molar-refractivity contribution in [2.75, 3.05) is 0 Å². The van der Waals surface area contributed by atoms with E-state index < -0.39 is 11.9 Å². The van der Waals surface area contributed by atoms with Crippen LogP contribution in [0.5, 0.6) is 0 Å². The molecular weight excluding hydrogens is 292 g/mol. The van der Waals surface area contributed by atoms with Gasteiger partial charge in [0.1, 0.15) is 0 Å². The molecule has 128 valence electrons. The molecule has 0 fully saturated rings. The lowest BCUT2D eigenvalue weighted by Crippen LogP contribution is -2.14. The molecule has 1 aromatic rings. The summed E-state index contributed by atoms with van der Waals surface area (Å²) in [4.78, 5) is 23.0. The lowest BCUT2D eigenvalue weighted by atomic mass is 9.87. The summed E-state index contributed by atoms with van der Waals surface area (Å²) in [6.45, 7) is 8.39. The molecule has 4 heteroatoms. The molecule has 0 aromatic heterocycles. The van der Waals surface area contributed by atoms with Crippen LogP contribution in [0.4, 0.5) is 0 Å². The van der Waals surface area contributed by atoms with E-state index in [9.17, 15) is 19.8 Å². The topological polar surface area (TPSA) is 74.6 Å². The highest BCUT2D eigenvalue weighted by atomic mass is 16.4. The summed E-state index contributed by atoms with van der Waals surface area (Å²) in [7, 11) is 0. The Morgan fingerprint density at radius 1 is 0.957 bits per heavy atom. The summed E-state index contributed by atoms with van der Waals surface area (Å²) in [6, 6.07) is 3.19. The zero-order chi connectivity index (χ0) is 17.6. The van der Waals surface area contributed by atoms with Crippen LogP contribution < -0.4 is 0 Å². The molecule has 0 atom stereocenters. The number of rotatable bonds is 9. The first-order valence-corrected chi connectivity index (χ1v) is 8.38. The van der Waals surface area contributed by atoms with Crippen molar-refractivity contribution in [3.63, 3.8) is 0 Å². The largest absolute Gasteiger partial charge is 0.478 e. The number of carboxylic acid groups (broad SMARTS) is 2. The lowest BCUT2D eigenvalue weighted by molar-refractivity contribution is 0.0650. The van der Waals surface area contributed by atoms with E-state index in [-0.39, 0.29) is 17.0 Å². The molecule has 0 saturated heterocycles. The van der Waals surface area contributed by atoms with Crippen LogP contribution in [0.2, 0.25) is 0 Å². The summed E-state index contributed by atoms with van der Waals surface area (Å²) >= 11 is 0. The van der Waals surface area contributed by atoms with E-state index in [4.69, 9.17) is 0 Å². The molecule has 0 unspecified atom stereocenters. The predicted molar refractivity (Wildman–Crippen MR) is 91.5 cm³/mol. The van der Waals surface area contributed by atoms with Crippen molar-refractivity contribution in [1.29, 1.82) is 0 Å². The molecule has 23 heavy (non-hydrogen) atoms. The Morgan fingerprint density at radius 2 is 1.61 bits per heavy atom. The third-order valence-corrected chi connectivity index (χ3v) is 4.12. The second-order valence-electron chi connectivity index (χ2n) is 6.81. The van der Waals surface area contributed by atoms with Gasteiger partial charge in [0.15, 0.2) is 0 Å². The number of unbranched alkanes of at least 4 members (excludes halogenated alkanes) is 2. The van der Waals surface area contributed by atoms with Gasteiger partial charge in [-0.25, -0.2) is 9.59 Å². The van der Waals surface area contributed by atoms with Crippen LogP contribution in [0.1, 0.15) is 91.1 Å². The zero-order valence-electron chi connectivity index (χ0n) is 14.6. The summed E-state index contributed by atoms with van der Waals surface area (Å²) in [5.74, 6) is -1.49. The number of carboxylic acids is 2. The first kappa shape index (κ1) is 19.2. The third-order valence-electron chi connectivity index (χ3n) is 4.12. The standard InChI is InChI=1S/C19H28O4/c1-12(2)8-6-5-7-9-15-14(13(3)4)10-11-16(18(20)21)17(15)19(22)23/h10-13H,5-9H2,1-4H3,(H,20,21)(H,22,23). The van der Waals surface area contributed by atoms with Crippen LogP contribution in [0, 0.1) is 5.92 Å². The molecule has 1 rings (SSSR count). The van der Waals surface area contributed by atoms with Crippen molar-refractivity contribution in [2.24, 2.45) is 5.92 Å². The van der Waals surface area contributed by atoms with Gasteiger partial charge < -0.3 is 10.2 Å². The zero-order valence-corrected chi connectivity index (χ0v) is 14.6. The Kier molecular flexibility index (Phi) is 7.27. The average Bonchev–Trinajstić information content (AvgIpc) is 2.44. The number of benzene rings is 1. The van der Waals surface area contributed by atoms with Crippen LogP contribution in [0.15, 0.2) is 12.1 Å². The number of carbonyl (C=O) groups is 2. The van der Waals surface area contributed by atoms with Crippen molar-refractivity contribution in [2.45, 2.75) is 65.7 Å². The number of hydrogen-bond acceptors (Lipinski definition) is 2. The molecule has 0 aliphatic rings. The SMILES string of the molecule is CC(C)CCCCCc1c(C(C)C)ccc(C(=O)O)c1C(=O)O. The molecule has 0 aliphatic carbocycles. The summed E-state index contributed by atoms with van der Waals surface area (Å²) in [5, 5.41) is 18.8. The van der Waals surface area contributed by atoms with Gasteiger partial charge in [-0.1, -0.05) is 53.0 Å².